The summed E-state index contributed by atoms with van der Waals surface area (Å²) in [5, 5.41) is 7.33. The van der Waals surface area contributed by atoms with Gasteiger partial charge in [0, 0.05) is 18.2 Å². The average Bonchev–Trinajstić information content (AvgIpc) is 3.17. The molecule has 3 rings (SSSR count). The van der Waals surface area contributed by atoms with Crippen molar-refractivity contribution in [1.29, 1.82) is 0 Å². The van der Waals surface area contributed by atoms with Gasteiger partial charge in [-0.15, -0.1) is 0 Å². The van der Waals surface area contributed by atoms with Gasteiger partial charge in [0.05, 0.1) is 5.69 Å². The van der Waals surface area contributed by atoms with Crippen molar-refractivity contribution in [2.75, 3.05) is 13.2 Å². The number of carbonyl (C=O) groups is 2. The fourth-order valence-corrected chi connectivity index (χ4v) is 3.65. The molecule has 0 aliphatic rings. The third kappa shape index (κ3) is 5.98. The van der Waals surface area contributed by atoms with Crippen molar-refractivity contribution in [2.45, 2.75) is 46.3 Å². The second-order valence-electron chi connectivity index (χ2n) is 8.08. The predicted octanol–water partition coefficient (Wildman–Crippen LogP) is 2.46. The molecule has 0 aliphatic heterocycles. The molecular formula is C22H26N4O5S. The van der Waals surface area contributed by atoms with E-state index in [9.17, 15) is 14.4 Å². The lowest BCUT2D eigenvalue weighted by Gasteiger charge is -2.19. The Labute approximate surface area is 189 Å². The quantitative estimate of drug-likeness (QED) is 0.516. The number of amides is 1. The molecule has 0 atom stereocenters. The number of nitrogens with one attached hydrogen (secondary N) is 1. The zero-order valence-electron chi connectivity index (χ0n) is 18.5. The molecule has 2 aromatic heterocycles. The molecule has 0 fully saturated rings. The lowest BCUT2D eigenvalue weighted by atomic mass is 9.87. The molecule has 9 nitrogen and oxygen atoms in total. The molecule has 1 aromatic carbocycles. The van der Waals surface area contributed by atoms with Crippen LogP contribution >= 0.6 is 11.3 Å². The summed E-state index contributed by atoms with van der Waals surface area (Å²) in [6, 6.07) is 8.50. The lowest BCUT2D eigenvalue weighted by molar-refractivity contribution is -0.143. The number of ether oxygens (including phenoxy) is 2. The van der Waals surface area contributed by atoms with Crippen molar-refractivity contribution < 1.29 is 19.1 Å². The van der Waals surface area contributed by atoms with Gasteiger partial charge in [0.2, 0.25) is 4.96 Å². The Morgan fingerprint density at radius 2 is 1.88 bits per heavy atom. The van der Waals surface area contributed by atoms with E-state index in [0.717, 1.165) is 5.56 Å². The highest BCUT2D eigenvalue weighted by molar-refractivity contribution is 7.16. The second-order valence-corrected chi connectivity index (χ2v) is 9.12. The summed E-state index contributed by atoms with van der Waals surface area (Å²) in [7, 11) is 0. The van der Waals surface area contributed by atoms with Gasteiger partial charge in [-0.1, -0.05) is 44.2 Å². The Morgan fingerprint density at radius 1 is 1.16 bits per heavy atom. The monoisotopic (exact) mass is 458 g/mol. The first kappa shape index (κ1) is 23.6. The number of hydrogen-bond donors (Lipinski definition) is 1. The van der Waals surface area contributed by atoms with Crippen LogP contribution in [-0.4, -0.2) is 39.6 Å². The van der Waals surface area contributed by atoms with Crippen LogP contribution in [0, 0.1) is 0 Å². The molecule has 1 amide bonds. The molecule has 2 heterocycles. The van der Waals surface area contributed by atoms with Crippen LogP contribution in [-0.2, 0) is 32.9 Å². The molecule has 170 valence electrons. The third-order valence-corrected chi connectivity index (χ3v) is 5.44. The van der Waals surface area contributed by atoms with E-state index in [1.807, 2.05) is 19.1 Å². The summed E-state index contributed by atoms with van der Waals surface area (Å²) in [6.45, 7) is 8.51. The van der Waals surface area contributed by atoms with E-state index in [1.165, 1.54) is 21.9 Å². The maximum atomic E-state index is 12.3. The maximum absolute atomic E-state index is 12.3. The minimum atomic E-state index is -0.631. The van der Waals surface area contributed by atoms with Crippen LogP contribution in [0.15, 0.2) is 35.1 Å². The number of carbonyl (C=O) groups excluding carboxylic acids is 2. The first-order valence-corrected chi connectivity index (χ1v) is 11.0. The van der Waals surface area contributed by atoms with E-state index in [2.05, 4.69) is 36.2 Å². The van der Waals surface area contributed by atoms with Crippen LogP contribution in [0.3, 0.4) is 0 Å². The summed E-state index contributed by atoms with van der Waals surface area (Å²) >= 11 is 1.23. The number of nitrogens with zero attached hydrogens (tertiary/aromatic N) is 3. The number of esters is 1. The Kier molecular flexibility index (Phi) is 7.37. The smallest absolute Gasteiger partial charge is 0.325 e. The molecule has 32 heavy (non-hydrogen) atoms. The maximum Gasteiger partial charge on any atom is 0.325 e. The number of aromatic nitrogens is 3. The van der Waals surface area contributed by atoms with Gasteiger partial charge >= 0.3 is 5.97 Å². The minimum absolute atomic E-state index is 0.0116. The van der Waals surface area contributed by atoms with Crippen molar-refractivity contribution in [3.8, 4) is 0 Å². The van der Waals surface area contributed by atoms with Crippen molar-refractivity contribution in [2.24, 2.45) is 0 Å². The van der Waals surface area contributed by atoms with Gasteiger partial charge in [0.15, 0.2) is 0 Å². The van der Waals surface area contributed by atoms with E-state index < -0.39 is 5.97 Å². The SMILES string of the molecule is CCOCc1nn2c(=O)cc(COC(=O)CNC(=O)c3ccc(C(C)(C)C)cc3)nc2s1. The van der Waals surface area contributed by atoms with Gasteiger partial charge in [-0.25, -0.2) is 4.98 Å². The molecular weight excluding hydrogens is 432 g/mol. The van der Waals surface area contributed by atoms with Crippen molar-refractivity contribution in [3.05, 3.63) is 62.5 Å². The van der Waals surface area contributed by atoms with Gasteiger partial charge in [-0.2, -0.15) is 9.61 Å². The summed E-state index contributed by atoms with van der Waals surface area (Å²) < 4.78 is 11.6. The highest BCUT2D eigenvalue weighted by atomic mass is 32.1. The highest BCUT2D eigenvalue weighted by Gasteiger charge is 2.15. The molecule has 3 aromatic rings. The Hall–Kier alpha value is -3.11. The van der Waals surface area contributed by atoms with E-state index in [1.54, 1.807) is 12.1 Å². The van der Waals surface area contributed by atoms with Crippen molar-refractivity contribution >= 4 is 28.2 Å². The molecule has 0 saturated heterocycles. The van der Waals surface area contributed by atoms with Gasteiger partial charge < -0.3 is 14.8 Å². The fourth-order valence-electron chi connectivity index (χ4n) is 2.80. The van der Waals surface area contributed by atoms with Crippen LogP contribution in [0.2, 0.25) is 0 Å². The van der Waals surface area contributed by atoms with Crippen LogP contribution in [0.1, 0.15) is 54.3 Å². The molecule has 0 unspecified atom stereocenters. The first-order chi connectivity index (χ1) is 15.2. The van der Waals surface area contributed by atoms with Gasteiger partial charge in [0.1, 0.15) is 24.8 Å². The Bertz CT molecular complexity index is 1160. The van der Waals surface area contributed by atoms with Gasteiger partial charge in [-0.3, -0.25) is 14.4 Å². The van der Waals surface area contributed by atoms with E-state index >= 15 is 0 Å². The van der Waals surface area contributed by atoms with Crippen molar-refractivity contribution in [1.82, 2.24) is 19.9 Å². The predicted molar refractivity (Wildman–Crippen MR) is 120 cm³/mol. The molecule has 10 heteroatoms. The first-order valence-electron chi connectivity index (χ1n) is 10.2. The number of benzene rings is 1. The standard InChI is InChI=1S/C22H26N4O5S/c1-5-30-13-17-25-26-18(27)10-16(24-21(26)32-17)12-31-19(28)11-23-20(29)14-6-8-15(9-7-14)22(2,3)4/h6-10H,5,11-13H2,1-4H3,(H,23,29). The molecule has 0 aliphatic carbocycles. The van der Waals surface area contributed by atoms with Crippen LogP contribution in [0.4, 0.5) is 0 Å². The second kappa shape index (κ2) is 10.0. The van der Waals surface area contributed by atoms with E-state index in [0.29, 0.717) is 34.4 Å². The largest absolute Gasteiger partial charge is 0.458 e. The average molecular weight is 459 g/mol. The number of hydrogen-bond acceptors (Lipinski definition) is 8. The Balaban J connectivity index is 1.53. The molecule has 1 N–H and O–H groups in total. The van der Waals surface area contributed by atoms with E-state index in [-0.39, 0.29) is 30.0 Å². The summed E-state index contributed by atoms with van der Waals surface area (Å²) in [5.41, 5.74) is 1.49. The molecule has 0 saturated carbocycles. The van der Waals surface area contributed by atoms with Crippen LogP contribution in [0.25, 0.3) is 4.96 Å². The zero-order valence-corrected chi connectivity index (χ0v) is 19.3. The zero-order chi connectivity index (χ0) is 23.3. The summed E-state index contributed by atoms with van der Waals surface area (Å²) in [6.07, 6.45) is 0. The third-order valence-electron chi connectivity index (χ3n) is 4.56. The lowest BCUT2D eigenvalue weighted by Crippen LogP contribution is -2.30. The Morgan fingerprint density at radius 3 is 2.53 bits per heavy atom. The van der Waals surface area contributed by atoms with E-state index in [4.69, 9.17) is 9.47 Å². The molecule has 0 spiro atoms. The van der Waals surface area contributed by atoms with Crippen LogP contribution < -0.4 is 10.9 Å². The van der Waals surface area contributed by atoms with Crippen molar-refractivity contribution in [3.63, 3.8) is 0 Å². The number of fused-ring (bicyclic) bond motifs is 1. The highest BCUT2D eigenvalue weighted by Crippen LogP contribution is 2.22. The molecule has 0 radical (unpaired) electrons. The number of rotatable bonds is 8. The van der Waals surface area contributed by atoms with Gasteiger partial charge in [-0.05, 0) is 30.0 Å². The van der Waals surface area contributed by atoms with Crippen LogP contribution in [0.5, 0.6) is 0 Å². The fraction of sp³-hybridized carbons (Fsp3) is 0.409. The molecule has 0 bridgehead atoms. The minimum Gasteiger partial charge on any atom is -0.458 e. The van der Waals surface area contributed by atoms with Gasteiger partial charge in [0.25, 0.3) is 11.5 Å². The topological polar surface area (TPSA) is 112 Å². The normalized spacial score (nSPS) is 11.5. The summed E-state index contributed by atoms with van der Waals surface area (Å²) in [5.74, 6) is -1.00. The summed E-state index contributed by atoms with van der Waals surface area (Å²) in [4.78, 5) is 41.2.